The van der Waals surface area contributed by atoms with Crippen molar-refractivity contribution in [2.45, 2.75) is 25.9 Å². The van der Waals surface area contributed by atoms with Crippen molar-refractivity contribution in [2.24, 2.45) is 0 Å². The number of amides is 1. The Kier molecular flexibility index (Phi) is 5.00. The summed E-state index contributed by atoms with van der Waals surface area (Å²) >= 11 is 0. The van der Waals surface area contributed by atoms with Gasteiger partial charge in [0.25, 0.3) is 5.91 Å². The SMILES string of the molecule is Cc1ccc(CN(C(=O)c2cc(=O)c3ccccc3o2)[C@@H]2CCS(=O)(=O)C2)cc1. The molecule has 6 nitrogen and oxygen atoms in total. The lowest BCUT2D eigenvalue weighted by atomic mass is 10.1. The van der Waals surface area contributed by atoms with E-state index in [-0.39, 0.29) is 29.2 Å². The van der Waals surface area contributed by atoms with E-state index in [4.69, 9.17) is 4.42 Å². The summed E-state index contributed by atoms with van der Waals surface area (Å²) in [5.74, 6) is -0.583. The van der Waals surface area contributed by atoms with E-state index in [1.54, 1.807) is 24.3 Å². The van der Waals surface area contributed by atoms with Crippen molar-refractivity contribution < 1.29 is 17.6 Å². The molecule has 0 spiro atoms. The molecule has 1 aromatic heterocycles. The van der Waals surface area contributed by atoms with E-state index in [1.165, 1.54) is 11.0 Å². The fourth-order valence-corrected chi connectivity index (χ4v) is 5.36. The van der Waals surface area contributed by atoms with Gasteiger partial charge in [0, 0.05) is 18.7 Å². The van der Waals surface area contributed by atoms with Gasteiger partial charge in [-0.05, 0) is 31.0 Å². The number of para-hydroxylation sites is 1. The van der Waals surface area contributed by atoms with Crippen molar-refractivity contribution in [1.29, 1.82) is 0 Å². The first-order chi connectivity index (χ1) is 13.8. The van der Waals surface area contributed by atoms with E-state index < -0.39 is 21.8 Å². The van der Waals surface area contributed by atoms with Crippen LogP contribution in [0.2, 0.25) is 0 Å². The van der Waals surface area contributed by atoms with Crippen LogP contribution in [0.15, 0.2) is 63.8 Å². The summed E-state index contributed by atoms with van der Waals surface area (Å²) in [5.41, 5.74) is 2.01. The van der Waals surface area contributed by atoms with E-state index in [1.807, 2.05) is 31.2 Å². The molecule has 1 fully saturated rings. The number of hydrogen-bond donors (Lipinski definition) is 0. The Labute approximate surface area is 168 Å². The molecule has 2 heterocycles. The predicted molar refractivity (Wildman–Crippen MR) is 111 cm³/mol. The Hall–Kier alpha value is -2.93. The number of nitrogens with zero attached hydrogens (tertiary/aromatic N) is 1. The molecule has 0 aliphatic carbocycles. The first kappa shape index (κ1) is 19.4. The molecule has 0 N–H and O–H groups in total. The number of benzene rings is 2. The maximum atomic E-state index is 13.3. The van der Waals surface area contributed by atoms with E-state index in [0.29, 0.717) is 17.4 Å². The number of carbonyl (C=O) groups excluding carboxylic acids is 1. The van der Waals surface area contributed by atoms with Crippen LogP contribution in [-0.2, 0) is 16.4 Å². The van der Waals surface area contributed by atoms with Crippen molar-refractivity contribution in [1.82, 2.24) is 4.90 Å². The van der Waals surface area contributed by atoms with Crippen LogP contribution in [0, 0.1) is 6.92 Å². The first-order valence-electron chi connectivity index (χ1n) is 9.42. The molecule has 29 heavy (non-hydrogen) atoms. The molecule has 1 atom stereocenters. The molecule has 0 saturated carbocycles. The third-order valence-electron chi connectivity index (χ3n) is 5.23. The molecule has 150 valence electrons. The van der Waals surface area contributed by atoms with Gasteiger partial charge in [0.2, 0.25) is 0 Å². The van der Waals surface area contributed by atoms with Crippen LogP contribution in [0.4, 0.5) is 0 Å². The molecule has 0 bridgehead atoms. The van der Waals surface area contributed by atoms with E-state index in [0.717, 1.165) is 11.1 Å². The van der Waals surface area contributed by atoms with Gasteiger partial charge in [0.05, 0.1) is 16.9 Å². The van der Waals surface area contributed by atoms with Gasteiger partial charge >= 0.3 is 0 Å². The van der Waals surface area contributed by atoms with Crippen LogP contribution in [-0.4, -0.2) is 36.8 Å². The smallest absolute Gasteiger partial charge is 0.290 e. The normalized spacial score (nSPS) is 18.0. The molecule has 0 unspecified atom stereocenters. The first-order valence-corrected chi connectivity index (χ1v) is 11.2. The lowest BCUT2D eigenvalue weighted by molar-refractivity contribution is 0.0648. The zero-order valence-corrected chi connectivity index (χ0v) is 16.8. The van der Waals surface area contributed by atoms with Crippen molar-refractivity contribution in [3.8, 4) is 0 Å². The van der Waals surface area contributed by atoms with Gasteiger partial charge in [0.1, 0.15) is 5.58 Å². The Morgan fingerprint density at radius 3 is 2.55 bits per heavy atom. The van der Waals surface area contributed by atoms with Gasteiger partial charge in [0.15, 0.2) is 21.0 Å². The van der Waals surface area contributed by atoms with Gasteiger partial charge in [-0.2, -0.15) is 0 Å². The number of fused-ring (bicyclic) bond motifs is 1. The quantitative estimate of drug-likeness (QED) is 0.659. The number of carbonyl (C=O) groups is 1. The van der Waals surface area contributed by atoms with Crippen LogP contribution in [0.3, 0.4) is 0 Å². The summed E-state index contributed by atoms with van der Waals surface area (Å²) in [6.07, 6.45) is 0.373. The van der Waals surface area contributed by atoms with Gasteiger partial charge in [-0.25, -0.2) is 8.42 Å². The number of sulfone groups is 1. The Balaban J connectivity index is 1.72. The van der Waals surface area contributed by atoms with Crippen LogP contribution < -0.4 is 5.43 Å². The van der Waals surface area contributed by atoms with E-state index >= 15 is 0 Å². The minimum absolute atomic E-state index is 0.0526. The average molecular weight is 411 g/mol. The topological polar surface area (TPSA) is 84.7 Å². The highest BCUT2D eigenvalue weighted by Gasteiger charge is 2.36. The van der Waals surface area contributed by atoms with Crippen molar-refractivity contribution in [3.05, 3.63) is 81.7 Å². The summed E-state index contributed by atoms with van der Waals surface area (Å²) in [4.78, 5) is 27.2. The summed E-state index contributed by atoms with van der Waals surface area (Å²) in [6, 6.07) is 15.2. The highest BCUT2D eigenvalue weighted by atomic mass is 32.2. The molecule has 3 aromatic rings. The summed E-state index contributed by atoms with van der Waals surface area (Å²) in [5, 5.41) is 0.401. The van der Waals surface area contributed by atoms with Crippen LogP contribution in [0.5, 0.6) is 0 Å². The highest BCUT2D eigenvalue weighted by molar-refractivity contribution is 7.91. The summed E-state index contributed by atoms with van der Waals surface area (Å²) < 4.78 is 29.8. The second-order valence-corrected chi connectivity index (χ2v) is 9.68. The second kappa shape index (κ2) is 7.48. The summed E-state index contributed by atoms with van der Waals surface area (Å²) in [7, 11) is -3.18. The third kappa shape index (κ3) is 4.10. The molecule has 1 saturated heterocycles. The third-order valence-corrected chi connectivity index (χ3v) is 6.98. The lowest BCUT2D eigenvalue weighted by Crippen LogP contribution is -2.40. The molecule has 0 radical (unpaired) electrons. The second-order valence-electron chi connectivity index (χ2n) is 7.45. The number of rotatable bonds is 4. The maximum Gasteiger partial charge on any atom is 0.290 e. The minimum Gasteiger partial charge on any atom is -0.451 e. The van der Waals surface area contributed by atoms with Gasteiger partial charge in [-0.15, -0.1) is 0 Å². The average Bonchev–Trinajstić information content (AvgIpc) is 3.06. The van der Waals surface area contributed by atoms with Gasteiger partial charge in [-0.3, -0.25) is 9.59 Å². The Bertz CT molecular complexity index is 1230. The van der Waals surface area contributed by atoms with Crippen LogP contribution >= 0.6 is 0 Å². The fraction of sp³-hybridized carbons (Fsp3) is 0.273. The zero-order chi connectivity index (χ0) is 20.6. The van der Waals surface area contributed by atoms with Crippen molar-refractivity contribution >= 4 is 26.7 Å². The molecular weight excluding hydrogens is 390 g/mol. The molecule has 1 aliphatic heterocycles. The van der Waals surface area contributed by atoms with E-state index in [9.17, 15) is 18.0 Å². The Morgan fingerprint density at radius 2 is 1.86 bits per heavy atom. The van der Waals surface area contributed by atoms with E-state index in [2.05, 4.69) is 0 Å². The maximum absolute atomic E-state index is 13.3. The van der Waals surface area contributed by atoms with Crippen LogP contribution in [0.25, 0.3) is 11.0 Å². The van der Waals surface area contributed by atoms with Gasteiger partial charge < -0.3 is 9.32 Å². The lowest BCUT2D eigenvalue weighted by Gasteiger charge is -2.28. The molecule has 2 aromatic carbocycles. The minimum atomic E-state index is -3.18. The monoisotopic (exact) mass is 411 g/mol. The number of hydrogen-bond acceptors (Lipinski definition) is 5. The molecule has 4 rings (SSSR count). The van der Waals surface area contributed by atoms with Gasteiger partial charge in [-0.1, -0.05) is 42.0 Å². The van der Waals surface area contributed by atoms with Crippen molar-refractivity contribution in [3.63, 3.8) is 0 Å². The molecule has 1 amide bonds. The Morgan fingerprint density at radius 1 is 1.14 bits per heavy atom. The zero-order valence-electron chi connectivity index (χ0n) is 16.0. The predicted octanol–water partition coefficient (Wildman–Crippen LogP) is 2.93. The number of aryl methyl sites for hydroxylation is 1. The fourth-order valence-electron chi connectivity index (χ4n) is 3.63. The molecular formula is C22H21NO5S. The largest absolute Gasteiger partial charge is 0.451 e. The standard InChI is InChI=1S/C22H21NO5S/c1-15-6-8-16(9-7-15)13-23(17-10-11-29(26,27)14-17)22(25)21-12-19(24)18-4-2-3-5-20(18)28-21/h2-9,12,17H,10-11,13-14H2,1H3/t17-/m1/s1. The van der Waals surface area contributed by atoms with Crippen LogP contribution in [0.1, 0.15) is 28.1 Å². The van der Waals surface area contributed by atoms with Crippen molar-refractivity contribution in [2.75, 3.05) is 11.5 Å². The summed E-state index contributed by atoms with van der Waals surface area (Å²) in [6.45, 7) is 2.22. The molecule has 7 heteroatoms. The highest BCUT2D eigenvalue weighted by Crippen LogP contribution is 2.23. The molecule has 1 aliphatic rings.